The van der Waals surface area contributed by atoms with Crippen LogP contribution in [0, 0.1) is 5.82 Å². The van der Waals surface area contributed by atoms with Gasteiger partial charge < -0.3 is 15.0 Å². The Kier molecular flexibility index (Phi) is 3.86. The van der Waals surface area contributed by atoms with Crippen molar-refractivity contribution in [1.82, 2.24) is 9.97 Å². The lowest BCUT2D eigenvalue weighted by atomic mass is 10.0. The van der Waals surface area contributed by atoms with E-state index in [0.717, 1.165) is 22.5 Å². The molecular weight excluding hydrogens is 309 g/mol. The summed E-state index contributed by atoms with van der Waals surface area (Å²) in [7, 11) is 1.81. The van der Waals surface area contributed by atoms with E-state index in [4.69, 9.17) is 4.74 Å². The Labute approximate surface area is 139 Å². The largest absolute Gasteiger partial charge is 0.378 e. The highest BCUT2D eigenvalue weighted by Crippen LogP contribution is 2.29. The van der Waals surface area contributed by atoms with E-state index < -0.39 is 0 Å². The van der Waals surface area contributed by atoms with E-state index in [0.29, 0.717) is 44.4 Å². The normalized spacial score (nSPS) is 16.8. The Morgan fingerprint density at radius 1 is 1.21 bits per heavy atom. The highest BCUT2D eigenvalue weighted by Gasteiger charge is 2.24. The Balaban J connectivity index is 1.69. The number of nitrogens with one attached hydrogen (secondary N) is 1. The number of nitrogens with zero attached hydrogens (tertiary/aromatic N) is 4. The SMILES string of the molecule is CNc1ncnc2c1C(c1ccc(N3CCOCC3)c(F)c1)=NC2. The average Bonchev–Trinajstić information content (AvgIpc) is 3.06. The highest BCUT2D eigenvalue weighted by atomic mass is 19.1. The number of benzene rings is 1. The van der Waals surface area contributed by atoms with Gasteiger partial charge in [-0.2, -0.15) is 0 Å². The van der Waals surface area contributed by atoms with Gasteiger partial charge in [0.25, 0.3) is 0 Å². The zero-order valence-corrected chi connectivity index (χ0v) is 13.4. The van der Waals surface area contributed by atoms with Crippen molar-refractivity contribution < 1.29 is 9.13 Å². The van der Waals surface area contributed by atoms with Crippen LogP contribution in [0.3, 0.4) is 0 Å². The Hall–Kier alpha value is -2.54. The van der Waals surface area contributed by atoms with Crippen LogP contribution in [0.25, 0.3) is 0 Å². The maximum absolute atomic E-state index is 14.7. The summed E-state index contributed by atoms with van der Waals surface area (Å²) in [6.07, 6.45) is 1.52. The quantitative estimate of drug-likeness (QED) is 0.932. The first kappa shape index (κ1) is 15.0. The minimum atomic E-state index is -0.242. The van der Waals surface area contributed by atoms with E-state index in [-0.39, 0.29) is 5.82 Å². The van der Waals surface area contributed by atoms with Gasteiger partial charge in [-0.25, -0.2) is 14.4 Å². The zero-order valence-electron chi connectivity index (χ0n) is 13.4. The summed E-state index contributed by atoms with van der Waals surface area (Å²) >= 11 is 0. The molecule has 6 nitrogen and oxygen atoms in total. The second-order valence-electron chi connectivity index (χ2n) is 5.72. The number of morpholine rings is 1. The van der Waals surface area contributed by atoms with Crippen molar-refractivity contribution >= 4 is 17.2 Å². The molecule has 0 saturated carbocycles. The van der Waals surface area contributed by atoms with Crippen LogP contribution in [0.5, 0.6) is 0 Å². The Bertz CT molecular complexity index is 802. The molecular formula is C17H18FN5O. The molecule has 24 heavy (non-hydrogen) atoms. The fourth-order valence-corrected chi connectivity index (χ4v) is 3.16. The van der Waals surface area contributed by atoms with Gasteiger partial charge in [0.05, 0.1) is 42.4 Å². The molecule has 0 radical (unpaired) electrons. The van der Waals surface area contributed by atoms with E-state index in [1.165, 1.54) is 6.33 Å². The van der Waals surface area contributed by atoms with Gasteiger partial charge in [0.2, 0.25) is 0 Å². The molecule has 2 aromatic rings. The molecule has 1 saturated heterocycles. The first-order valence-electron chi connectivity index (χ1n) is 7.97. The van der Waals surface area contributed by atoms with Crippen LogP contribution in [-0.4, -0.2) is 49.0 Å². The van der Waals surface area contributed by atoms with Gasteiger partial charge in [-0.05, 0) is 12.1 Å². The minimum absolute atomic E-state index is 0.242. The lowest BCUT2D eigenvalue weighted by Crippen LogP contribution is -2.36. The fraction of sp³-hybridized carbons (Fsp3) is 0.353. The molecule has 1 N–H and O–H groups in total. The lowest BCUT2D eigenvalue weighted by Gasteiger charge is -2.29. The van der Waals surface area contributed by atoms with Crippen molar-refractivity contribution in [3.05, 3.63) is 47.2 Å². The molecule has 0 bridgehead atoms. The van der Waals surface area contributed by atoms with Gasteiger partial charge >= 0.3 is 0 Å². The van der Waals surface area contributed by atoms with Crippen molar-refractivity contribution in [2.45, 2.75) is 6.54 Å². The predicted molar refractivity (Wildman–Crippen MR) is 90.4 cm³/mol. The molecule has 0 aliphatic carbocycles. The van der Waals surface area contributed by atoms with Crippen molar-refractivity contribution in [3.63, 3.8) is 0 Å². The third-order valence-corrected chi connectivity index (χ3v) is 4.36. The van der Waals surface area contributed by atoms with E-state index in [1.54, 1.807) is 13.1 Å². The number of halogens is 1. The fourth-order valence-electron chi connectivity index (χ4n) is 3.16. The number of aromatic nitrogens is 2. The number of ether oxygens (including phenoxy) is 1. The summed E-state index contributed by atoms with van der Waals surface area (Å²) in [5.74, 6) is 0.474. The van der Waals surface area contributed by atoms with Gasteiger partial charge in [-0.1, -0.05) is 6.07 Å². The third kappa shape index (κ3) is 2.50. The molecule has 2 aliphatic heterocycles. The molecule has 2 aliphatic rings. The van der Waals surface area contributed by atoms with Crippen molar-refractivity contribution in [1.29, 1.82) is 0 Å². The molecule has 0 spiro atoms. The number of aliphatic imine (C=N–C) groups is 1. The van der Waals surface area contributed by atoms with Crippen LogP contribution >= 0.6 is 0 Å². The number of fused-ring (bicyclic) bond motifs is 1. The first-order valence-corrected chi connectivity index (χ1v) is 7.97. The molecule has 0 unspecified atom stereocenters. The maximum atomic E-state index is 14.7. The van der Waals surface area contributed by atoms with Crippen LogP contribution < -0.4 is 10.2 Å². The molecule has 124 valence electrons. The van der Waals surface area contributed by atoms with Crippen LogP contribution in [0.15, 0.2) is 29.5 Å². The number of hydrogen-bond donors (Lipinski definition) is 1. The van der Waals surface area contributed by atoms with Crippen LogP contribution in [0.4, 0.5) is 15.9 Å². The molecule has 1 fully saturated rings. The standard InChI is InChI=1S/C17H18FN5O/c1-19-17-15-13(21-10-22-17)9-20-16(15)11-2-3-14(12(18)8-11)23-4-6-24-7-5-23/h2-3,8,10H,4-7,9H2,1H3,(H,19,21,22). The highest BCUT2D eigenvalue weighted by molar-refractivity contribution is 6.17. The first-order chi connectivity index (χ1) is 11.8. The summed E-state index contributed by atoms with van der Waals surface area (Å²) in [6, 6.07) is 5.28. The molecule has 7 heteroatoms. The monoisotopic (exact) mass is 327 g/mol. The summed E-state index contributed by atoms with van der Waals surface area (Å²) < 4.78 is 20.0. The summed E-state index contributed by atoms with van der Waals surface area (Å²) in [5, 5.41) is 3.06. The maximum Gasteiger partial charge on any atom is 0.147 e. The molecule has 1 aromatic heterocycles. The van der Waals surface area contributed by atoms with Crippen molar-refractivity contribution in [3.8, 4) is 0 Å². The topological polar surface area (TPSA) is 62.6 Å². The van der Waals surface area contributed by atoms with Crippen LogP contribution in [0.2, 0.25) is 0 Å². The summed E-state index contributed by atoms with van der Waals surface area (Å²) in [5.41, 5.74) is 3.82. The summed E-state index contributed by atoms with van der Waals surface area (Å²) in [6.45, 7) is 3.17. The van der Waals surface area contributed by atoms with Gasteiger partial charge in [0, 0.05) is 25.7 Å². The van der Waals surface area contributed by atoms with E-state index in [1.807, 2.05) is 17.0 Å². The lowest BCUT2D eigenvalue weighted by molar-refractivity contribution is 0.122. The van der Waals surface area contributed by atoms with Gasteiger partial charge in [0.15, 0.2) is 0 Å². The van der Waals surface area contributed by atoms with Crippen molar-refractivity contribution in [2.75, 3.05) is 43.6 Å². The van der Waals surface area contributed by atoms with E-state index >= 15 is 0 Å². The second-order valence-corrected chi connectivity index (χ2v) is 5.72. The van der Waals surface area contributed by atoms with Crippen LogP contribution in [-0.2, 0) is 11.3 Å². The Morgan fingerprint density at radius 3 is 2.79 bits per heavy atom. The zero-order chi connectivity index (χ0) is 16.5. The van der Waals surface area contributed by atoms with Gasteiger partial charge in [-0.15, -0.1) is 0 Å². The molecule has 0 amide bonds. The predicted octanol–water partition coefficient (Wildman–Crippen LogP) is 1.85. The smallest absolute Gasteiger partial charge is 0.147 e. The number of hydrogen-bond acceptors (Lipinski definition) is 6. The van der Waals surface area contributed by atoms with Crippen LogP contribution in [0.1, 0.15) is 16.8 Å². The summed E-state index contributed by atoms with van der Waals surface area (Å²) in [4.78, 5) is 15.1. The van der Waals surface area contributed by atoms with Gasteiger partial charge in [0.1, 0.15) is 18.0 Å². The molecule has 4 rings (SSSR count). The third-order valence-electron chi connectivity index (χ3n) is 4.36. The van der Waals surface area contributed by atoms with Gasteiger partial charge in [-0.3, -0.25) is 4.99 Å². The molecule has 1 aromatic carbocycles. The van der Waals surface area contributed by atoms with E-state index in [2.05, 4.69) is 20.3 Å². The molecule has 3 heterocycles. The van der Waals surface area contributed by atoms with E-state index in [9.17, 15) is 4.39 Å². The minimum Gasteiger partial charge on any atom is -0.378 e. The van der Waals surface area contributed by atoms with Crippen molar-refractivity contribution in [2.24, 2.45) is 4.99 Å². The molecule has 0 atom stereocenters. The number of rotatable bonds is 3. The average molecular weight is 327 g/mol. The number of anilines is 2. The second kappa shape index (κ2) is 6.16. The Morgan fingerprint density at radius 2 is 2.04 bits per heavy atom.